The lowest BCUT2D eigenvalue weighted by Crippen LogP contribution is -2.45. The summed E-state index contributed by atoms with van der Waals surface area (Å²) < 4.78 is 57.5. The first kappa shape index (κ1) is 19.4. The molecular formula is C18H18F4N6O. The van der Waals surface area contributed by atoms with Gasteiger partial charge in [-0.2, -0.15) is 13.2 Å². The Balaban J connectivity index is 1.59. The number of ether oxygens (including phenoxy) is 1. The molecule has 4 rings (SSSR count). The molecule has 3 aromatic heterocycles. The van der Waals surface area contributed by atoms with E-state index in [0.717, 1.165) is 6.54 Å². The number of anilines is 1. The van der Waals surface area contributed by atoms with Crippen LogP contribution in [0.15, 0.2) is 36.8 Å². The second kappa shape index (κ2) is 7.82. The summed E-state index contributed by atoms with van der Waals surface area (Å²) in [6, 6.07) is 4.90. The van der Waals surface area contributed by atoms with Crippen LogP contribution in [0.25, 0.3) is 17.0 Å². The Hall–Kier alpha value is -2.95. The Morgan fingerprint density at radius 2 is 2.10 bits per heavy atom. The number of piperidine rings is 1. The van der Waals surface area contributed by atoms with Crippen molar-refractivity contribution in [3.8, 4) is 17.3 Å². The summed E-state index contributed by atoms with van der Waals surface area (Å²) in [5, 5.41) is 6.11. The third-order valence-corrected chi connectivity index (χ3v) is 4.51. The van der Waals surface area contributed by atoms with Gasteiger partial charge >= 0.3 is 6.18 Å². The molecule has 1 fully saturated rings. The zero-order valence-corrected chi connectivity index (χ0v) is 15.2. The van der Waals surface area contributed by atoms with E-state index in [-0.39, 0.29) is 18.5 Å². The number of imidazole rings is 1. The highest BCUT2D eigenvalue weighted by Crippen LogP contribution is 2.24. The van der Waals surface area contributed by atoms with Crippen LogP contribution in [-0.4, -0.2) is 57.4 Å². The van der Waals surface area contributed by atoms with Gasteiger partial charge < -0.3 is 15.4 Å². The van der Waals surface area contributed by atoms with Gasteiger partial charge in [-0.25, -0.2) is 19.3 Å². The minimum Gasteiger partial charge on any atom is -0.467 e. The van der Waals surface area contributed by atoms with Crippen LogP contribution in [-0.2, 0) is 0 Å². The topological polar surface area (TPSA) is 76.4 Å². The Morgan fingerprint density at radius 1 is 1.24 bits per heavy atom. The van der Waals surface area contributed by atoms with E-state index in [2.05, 4.69) is 25.6 Å². The van der Waals surface area contributed by atoms with Gasteiger partial charge in [0, 0.05) is 6.54 Å². The Morgan fingerprint density at radius 3 is 2.90 bits per heavy atom. The molecule has 0 aliphatic carbocycles. The van der Waals surface area contributed by atoms with E-state index < -0.39 is 19.0 Å². The number of hydrogen-bond acceptors (Lipinski definition) is 6. The van der Waals surface area contributed by atoms with Crippen LogP contribution in [0.1, 0.15) is 6.42 Å². The van der Waals surface area contributed by atoms with Crippen LogP contribution in [0.4, 0.5) is 23.4 Å². The molecule has 154 valence electrons. The number of nitrogens with zero attached hydrogens (tertiary/aromatic N) is 4. The van der Waals surface area contributed by atoms with Crippen LogP contribution in [0.3, 0.4) is 0 Å². The van der Waals surface area contributed by atoms with Crippen LogP contribution < -0.4 is 15.4 Å². The van der Waals surface area contributed by atoms with Crippen LogP contribution >= 0.6 is 0 Å². The van der Waals surface area contributed by atoms with Crippen molar-refractivity contribution in [3.05, 3.63) is 36.8 Å². The average Bonchev–Trinajstić information content (AvgIpc) is 3.11. The predicted octanol–water partition coefficient (Wildman–Crippen LogP) is 2.84. The fourth-order valence-electron chi connectivity index (χ4n) is 3.12. The van der Waals surface area contributed by atoms with Crippen molar-refractivity contribution in [2.45, 2.75) is 24.8 Å². The maximum Gasteiger partial charge on any atom is 0.422 e. The van der Waals surface area contributed by atoms with Gasteiger partial charge in [0.1, 0.15) is 12.0 Å². The van der Waals surface area contributed by atoms with Gasteiger partial charge in [0.15, 0.2) is 12.3 Å². The second-order valence-corrected chi connectivity index (χ2v) is 6.67. The van der Waals surface area contributed by atoms with Gasteiger partial charge in [-0.3, -0.25) is 4.40 Å². The number of pyridine rings is 1. The molecule has 2 N–H and O–H groups in total. The summed E-state index contributed by atoms with van der Waals surface area (Å²) in [4.78, 5) is 12.5. The highest BCUT2D eigenvalue weighted by molar-refractivity contribution is 5.61. The highest BCUT2D eigenvalue weighted by Gasteiger charge is 2.29. The molecule has 7 nitrogen and oxygen atoms in total. The molecule has 29 heavy (non-hydrogen) atoms. The molecule has 0 amide bonds. The number of alkyl halides is 4. The van der Waals surface area contributed by atoms with Gasteiger partial charge in [0.05, 0.1) is 36.0 Å². The molecule has 2 unspecified atom stereocenters. The molecule has 11 heteroatoms. The normalized spacial score (nSPS) is 20.0. The zero-order chi connectivity index (χ0) is 20.4. The second-order valence-electron chi connectivity index (χ2n) is 6.67. The first-order valence-electron chi connectivity index (χ1n) is 9.00. The number of rotatable bonds is 5. The molecule has 0 spiro atoms. The molecule has 0 radical (unpaired) electrons. The molecule has 4 heterocycles. The number of halogens is 4. The van der Waals surface area contributed by atoms with Crippen molar-refractivity contribution in [1.82, 2.24) is 24.7 Å². The molecule has 0 bridgehead atoms. The summed E-state index contributed by atoms with van der Waals surface area (Å²) in [5.41, 5.74) is 1.51. The van der Waals surface area contributed by atoms with Gasteiger partial charge in [-0.05, 0) is 25.1 Å². The van der Waals surface area contributed by atoms with Gasteiger partial charge in [-0.1, -0.05) is 6.07 Å². The lowest BCUT2D eigenvalue weighted by atomic mass is 10.1. The molecule has 3 aromatic rings. The quantitative estimate of drug-likeness (QED) is 0.630. The maximum atomic E-state index is 14.0. The Labute approximate surface area is 163 Å². The van der Waals surface area contributed by atoms with Crippen LogP contribution in [0.2, 0.25) is 0 Å². The largest absolute Gasteiger partial charge is 0.467 e. The fraction of sp³-hybridized carbons (Fsp3) is 0.389. The van der Waals surface area contributed by atoms with E-state index in [4.69, 9.17) is 4.74 Å². The van der Waals surface area contributed by atoms with Gasteiger partial charge in [0.2, 0.25) is 5.88 Å². The fourth-order valence-corrected chi connectivity index (χ4v) is 3.12. The summed E-state index contributed by atoms with van der Waals surface area (Å²) >= 11 is 0. The first-order valence-corrected chi connectivity index (χ1v) is 9.00. The average molecular weight is 410 g/mol. The van der Waals surface area contributed by atoms with Gasteiger partial charge in [-0.15, -0.1) is 0 Å². The number of hydrogen-bond donors (Lipinski definition) is 2. The molecule has 0 saturated carbocycles. The Kier molecular flexibility index (Phi) is 5.22. The van der Waals surface area contributed by atoms with Crippen molar-refractivity contribution in [2.24, 2.45) is 0 Å². The molecule has 1 aliphatic rings. The minimum atomic E-state index is -4.46. The van der Waals surface area contributed by atoms with E-state index in [1.807, 2.05) is 0 Å². The van der Waals surface area contributed by atoms with Crippen molar-refractivity contribution in [3.63, 3.8) is 0 Å². The van der Waals surface area contributed by atoms with Crippen molar-refractivity contribution in [1.29, 1.82) is 0 Å². The van der Waals surface area contributed by atoms with E-state index in [0.29, 0.717) is 29.3 Å². The third kappa shape index (κ3) is 4.56. The summed E-state index contributed by atoms with van der Waals surface area (Å²) in [5.74, 6) is 0.327. The van der Waals surface area contributed by atoms with Gasteiger partial charge in [0.25, 0.3) is 0 Å². The third-order valence-electron chi connectivity index (χ3n) is 4.51. The van der Waals surface area contributed by atoms with Crippen LogP contribution in [0.5, 0.6) is 5.88 Å². The number of aromatic nitrogens is 4. The Bertz CT molecular complexity index is 992. The standard InChI is InChI=1S/C18H18F4N6O/c19-11-6-23-5-4-12(11)26-15-3-1-2-13(27-15)14-7-24-16-8-25-17(9-28(14)16)29-10-18(20,21)22/h1-3,7-9,11-12,23H,4-6,10H2,(H,26,27). The maximum absolute atomic E-state index is 14.0. The van der Waals surface area contributed by atoms with E-state index in [9.17, 15) is 17.6 Å². The number of nitrogens with one attached hydrogen (secondary N) is 2. The monoisotopic (exact) mass is 410 g/mol. The minimum absolute atomic E-state index is 0.182. The van der Waals surface area contributed by atoms with E-state index >= 15 is 0 Å². The molecule has 1 saturated heterocycles. The van der Waals surface area contributed by atoms with Crippen molar-refractivity contribution < 1.29 is 22.3 Å². The smallest absolute Gasteiger partial charge is 0.422 e. The zero-order valence-electron chi connectivity index (χ0n) is 15.2. The SMILES string of the molecule is FC1CNCCC1Nc1cccc(-c2cnc3cnc(OCC(F)(F)F)cn23)n1. The molecule has 2 atom stereocenters. The van der Waals surface area contributed by atoms with Crippen LogP contribution in [0, 0.1) is 0 Å². The molecular weight excluding hydrogens is 392 g/mol. The molecule has 0 aromatic carbocycles. The lowest BCUT2D eigenvalue weighted by molar-refractivity contribution is -0.154. The van der Waals surface area contributed by atoms with Crippen molar-refractivity contribution >= 4 is 11.5 Å². The van der Waals surface area contributed by atoms with E-state index in [1.54, 1.807) is 28.8 Å². The lowest BCUT2D eigenvalue weighted by Gasteiger charge is -2.27. The summed E-state index contributed by atoms with van der Waals surface area (Å²) in [6.45, 7) is -0.426. The number of fused-ring (bicyclic) bond motifs is 1. The first-order chi connectivity index (χ1) is 13.9. The molecule has 1 aliphatic heterocycles. The summed E-state index contributed by atoms with van der Waals surface area (Å²) in [7, 11) is 0. The summed E-state index contributed by atoms with van der Waals surface area (Å²) in [6.07, 6.45) is -0.661. The highest BCUT2D eigenvalue weighted by atomic mass is 19.4. The van der Waals surface area contributed by atoms with E-state index in [1.165, 1.54) is 12.4 Å². The predicted molar refractivity (Wildman–Crippen MR) is 97.6 cm³/mol. The van der Waals surface area contributed by atoms with Crippen molar-refractivity contribution in [2.75, 3.05) is 25.0 Å².